The molecule has 0 aliphatic carbocycles. The van der Waals surface area contributed by atoms with E-state index in [-0.39, 0.29) is 6.04 Å². The Morgan fingerprint density at radius 1 is 1.30 bits per heavy atom. The molecule has 0 heterocycles. The summed E-state index contributed by atoms with van der Waals surface area (Å²) in [5, 5.41) is 2.77. The van der Waals surface area contributed by atoms with Gasteiger partial charge in [0.15, 0.2) is 9.84 Å². The molecule has 0 aliphatic rings. The maximum Gasteiger partial charge on any atom is 0.151 e. The van der Waals surface area contributed by atoms with Gasteiger partial charge in [-0.15, -0.1) is 0 Å². The molecule has 0 aliphatic heterocycles. The highest BCUT2D eigenvalue weighted by Gasteiger charge is 2.30. The summed E-state index contributed by atoms with van der Waals surface area (Å²) < 4.78 is 29.3. The second-order valence-corrected chi connectivity index (χ2v) is 7.67. The summed E-state index contributed by atoms with van der Waals surface area (Å²) in [4.78, 5) is 0. The van der Waals surface area contributed by atoms with Crippen molar-refractivity contribution in [2.45, 2.75) is 39.0 Å². The summed E-state index contributed by atoms with van der Waals surface area (Å²) >= 11 is 0. The van der Waals surface area contributed by atoms with Crippen molar-refractivity contribution in [3.05, 3.63) is 28.8 Å². The van der Waals surface area contributed by atoms with Crippen molar-refractivity contribution >= 4 is 9.84 Å². The number of nitrogens with one attached hydrogen (secondary N) is 1. The van der Waals surface area contributed by atoms with Crippen LogP contribution in [0.4, 0.5) is 0 Å². The lowest BCUT2D eigenvalue weighted by Crippen LogP contribution is -2.35. The molecule has 5 heteroatoms. The summed E-state index contributed by atoms with van der Waals surface area (Å²) in [5.41, 5.74) is 3.08. The minimum atomic E-state index is -3.14. The van der Waals surface area contributed by atoms with E-state index >= 15 is 0 Å². The monoisotopic (exact) mass is 299 g/mol. The van der Waals surface area contributed by atoms with Crippen LogP contribution < -0.4 is 10.1 Å². The molecule has 20 heavy (non-hydrogen) atoms. The van der Waals surface area contributed by atoms with Crippen LogP contribution in [-0.4, -0.2) is 33.6 Å². The van der Waals surface area contributed by atoms with Crippen LogP contribution in [0.25, 0.3) is 0 Å². The summed E-state index contributed by atoms with van der Waals surface area (Å²) in [5.74, 6) is 0.740. The third-order valence-electron chi connectivity index (χ3n) is 3.59. The number of hydrogen-bond donors (Lipinski definition) is 1. The van der Waals surface area contributed by atoms with Crippen LogP contribution in [0.15, 0.2) is 12.1 Å². The van der Waals surface area contributed by atoms with Gasteiger partial charge >= 0.3 is 0 Å². The lowest BCUT2D eigenvalue weighted by atomic mass is 9.96. The number of ether oxygens (including phenoxy) is 1. The topological polar surface area (TPSA) is 55.4 Å². The maximum absolute atomic E-state index is 11.9. The molecule has 0 radical (unpaired) electrons. The van der Waals surface area contributed by atoms with Gasteiger partial charge in [0.2, 0.25) is 0 Å². The van der Waals surface area contributed by atoms with E-state index in [9.17, 15) is 8.42 Å². The van der Waals surface area contributed by atoms with Crippen LogP contribution in [0.1, 0.15) is 36.6 Å². The summed E-state index contributed by atoms with van der Waals surface area (Å²) in [6, 6.07) is 3.73. The molecule has 0 aromatic heterocycles. The van der Waals surface area contributed by atoms with Crippen molar-refractivity contribution in [3.8, 4) is 5.75 Å². The lowest BCUT2D eigenvalue weighted by molar-refractivity contribution is 0.396. The Bertz CT molecular complexity index is 567. The lowest BCUT2D eigenvalue weighted by Gasteiger charge is -2.27. The van der Waals surface area contributed by atoms with Gasteiger partial charge in [0.25, 0.3) is 0 Å². The third kappa shape index (κ3) is 3.73. The highest BCUT2D eigenvalue weighted by Crippen LogP contribution is 2.33. The summed E-state index contributed by atoms with van der Waals surface area (Å²) in [6.45, 7) is 8.39. The zero-order valence-electron chi connectivity index (χ0n) is 13.1. The fraction of sp³-hybridized carbons (Fsp3) is 0.600. The molecule has 114 valence electrons. The summed E-state index contributed by atoms with van der Waals surface area (Å²) in [7, 11) is -1.53. The molecular formula is C15H25NO3S. The molecule has 2 atom stereocenters. The molecule has 2 unspecified atom stereocenters. The number of rotatable bonds is 6. The average Bonchev–Trinajstić information content (AvgIpc) is 2.34. The second-order valence-electron chi connectivity index (χ2n) is 5.27. The van der Waals surface area contributed by atoms with E-state index in [0.29, 0.717) is 6.54 Å². The number of methoxy groups -OCH3 is 1. The predicted octanol–water partition coefficient (Wildman–Crippen LogP) is 2.40. The Hall–Kier alpha value is -1.07. The molecule has 0 amide bonds. The second kappa shape index (κ2) is 6.59. The van der Waals surface area contributed by atoms with Gasteiger partial charge in [0.05, 0.1) is 18.4 Å². The summed E-state index contributed by atoms with van der Waals surface area (Å²) in [6.07, 6.45) is 1.28. The SMILES string of the molecule is CCNC(c1c(C)cc(C)cc1OC)C(C)S(C)(=O)=O. The van der Waals surface area contributed by atoms with Crippen LogP contribution in [0.5, 0.6) is 5.75 Å². The van der Waals surface area contributed by atoms with E-state index in [0.717, 1.165) is 22.4 Å². The first-order chi connectivity index (χ1) is 9.22. The van der Waals surface area contributed by atoms with E-state index in [4.69, 9.17) is 4.74 Å². The molecule has 1 aromatic rings. The number of hydrogen-bond acceptors (Lipinski definition) is 4. The van der Waals surface area contributed by atoms with E-state index in [1.807, 2.05) is 26.8 Å². The Balaban J connectivity index is 3.42. The largest absolute Gasteiger partial charge is 0.496 e. The van der Waals surface area contributed by atoms with Crippen molar-refractivity contribution in [2.75, 3.05) is 19.9 Å². The van der Waals surface area contributed by atoms with Gasteiger partial charge in [-0.2, -0.15) is 0 Å². The first-order valence-electron chi connectivity index (χ1n) is 6.79. The smallest absolute Gasteiger partial charge is 0.151 e. The highest BCUT2D eigenvalue weighted by atomic mass is 32.2. The van der Waals surface area contributed by atoms with Gasteiger partial charge < -0.3 is 10.1 Å². The molecule has 0 fully saturated rings. The molecule has 0 spiro atoms. The zero-order chi connectivity index (χ0) is 15.5. The van der Waals surface area contributed by atoms with Gasteiger partial charge in [-0.1, -0.05) is 13.0 Å². The highest BCUT2D eigenvalue weighted by molar-refractivity contribution is 7.91. The Labute approximate surface area is 122 Å². The normalized spacial score (nSPS) is 14.9. The fourth-order valence-electron chi connectivity index (χ4n) is 2.48. The first-order valence-corrected chi connectivity index (χ1v) is 8.75. The third-order valence-corrected chi connectivity index (χ3v) is 5.22. The quantitative estimate of drug-likeness (QED) is 0.876. The van der Waals surface area contributed by atoms with Gasteiger partial charge in [0, 0.05) is 11.8 Å². The van der Waals surface area contributed by atoms with Crippen molar-refractivity contribution in [2.24, 2.45) is 0 Å². The Morgan fingerprint density at radius 2 is 1.90 bits per heavy atom. The molecule has 1 aromatic carbocycles. The van der Waals surface area contributed by atoms with Gasteiger partial charge in [0.1, 0.15) is 5.75 Å². The van der Waals surface area contributed by atoms with Crippen molar-refractivity contribution in [1.29, 1.82) is 0 Å². The fourth-order valence-corrected chi connectivity index (χ4v) is 3.20. The van der Waals surface area contributed by atoms with Gasteiger partial charge in [-0.25, -0.2) is 8.42 Å². The molecule has 1 rings (SSSR count). The molecule has 0 bridgehead atoms. The van der Waals surface area contributed by atoms with Crippen molar-refractivity contribution in [3.63, 3.8) is 0 Å². The van der Waals surface area contributed by atoms with E-state index in [1.165, 1.54) is 6.26 Å². The maximum atomic E-state index is 11.9. The molecule has 4 nitrogen and oxygen atoms in total. The van der Waals surface area contributed by atoms with Crippen LogP contribution in [0, 0.1) is 13.8 Å². The Morgan fingerprint density at radius 3 is 2.35 bits per heavy atom. The first kappa shape index (κ1) is 17.0. The van der Waals surface area contributed by atoms with Crippen LogP contribution in [0.2, 0.25) is 0 Å². The molecule has 0 saturated heterocycles. The van der Waals surface area contributed by atoms with Crippen molar-refractivity contribution in [1.82, 2.24) is 5.32 Å². The standard InChI is InChI=1S/C15H25NO3S/c1-7-16-15(12(4)20(6,17)18)14-11(3)8-10(2)9-13(14)19-5/h8-9,12,15-16H,7H2,1-6H3. The number of aryl methyl sites for hydroxylation is 2. The average molecular weight is 299 g/mol. The zero-order valence-corrected chi connectivity index (χ0v) is 14.0. The van der Waals surface area contributed by atoms with E-state index < -0.39 is 15.1 Å². The number of sulfone groups is 1. The molecular weight excluding hydrogens is 274 g/mol. The predicted molar refractivity (Wildman–Crippen MR) is 83.2 cm³/mol. The minimum Gasteiger partial charge on any atom is -0.496 e. The Kier molecular flexibility index (Phi) is 5.59. The number of benzene rings is 1. The van der Waals surface area contributed by atoms with Crippen LogP contribution in [-0.2, 0) is 9.84 Å². The molecule has 0 saturated carbocycles. The van der Waals surface area contributed by atoms with Gasteiger partial charge in [-0.3, -0.25) is 0 Å². The minimum absolute atomic E-state index is 0.273. The van der Waals surface area contributed by atoms with Crippen molar-refractivity contribution < 1.29 is 13.2 Å². The van der Waals surface area contributed by atoms with Gasteiger partial charge in [-0.05, 0) is 44.5 Å². The molecule has 1 N–H and O–H groups in total. The van der Waals surface area contributed by atoms with Crippen LogP contribution >= 0.6 is 0 Å². The van der Waals surface area contributed by atoms with Crippen LogP contribution in [0.3, 0.4) is 0 Å². The van der Waals surface area contributed by atoms with E-state index in [1.54, 1.807) is 14.0 Å². The van der Waals surface area contributed by atoms with E-state index in [2.05, 4.69) is 11.4 Å².